The molecular weight excluding hydrogens is 456 g/mol. The van der Waals surface area contributed by atoms with E-state index < -0.39 is 28.0 Å². The van der Waals surface area contributed by atoms with Crippen LogP contribution in [0.3, 0.4) is 0 Å². The van der Waals surface area contributed by atoms with E-state index in [9.17, 15) is 18.3 Å². The van der Waals surface area contributed by atoms with E-state index in [0.717, 1.165) is 38.9 Å². The number of carboxylic acids is 1. The molecule has 0 spiro atoms. The second kappa shape index (κ2) is 9.24. The summed E-state index contributed by atoms with van der Waals surface area (Å²) in [7, 11) is -4.05. The zero-order valence-electron chi connectivity index (χ0n) is 18.0. The highest BCUT2D eigenvalue weighted by molar-refractivity contribution is 7.91. The van der Waals surface area contributed by atoms with Gasteiger partial charge in [-0.3, -0.25) is 4.79 Å². The fourth-order valence-corrected chi connectivity index (χ4v) is 5.99. The van der Waals surface area contributed by atoms with Crippen molar-refractivity contribution in [3.63, 3.8) is 0 Å². The summed E-state index contributed by atoms with van der Waals surface area (Å²) in [6.45, 7) is 3.69. The molecule has 0 radical (unpaired) electrons. The number of H-pyrrole nitrogens is 1. The van der Waals surface area contributed by atoms with Crippen LogP contribution in [-0.2, 0) is 14.8 Å². The van der Waals surface area contributed by atoms with E-state index in [4.69, 9.17) is 0 Å². The van der Waals surface area contributed by atoms with Gasteiger partial charge in [0.15, 0.2) is 0 Å². The summed E-state index contributed by atoms with van der Waals surface area (Å²) in [5.74, 6) is 4.14. The molecule has 0 saturated heterocycles. The Bertz CT molecular complexity index is 1470. The second-order valence-electron chi connectivity index (χ2n) is 7.75. The molecule has 168 valence electrons. The molecular formula is C25H22N2O4S2. The average Bonchev–Trinajstić information content (AvgIpc) is 3.44. The molecule has 0 aliphatic carbocycles. The lowest BCUT2D eigenvalue weighted by Crippen LogP contribution is -2.43. The maximum Gasteiger partial charge on any atom is 0.322 e. The molecule has 2 unspecified atom stereocenters. The van der Waals surface area contributed by atoms with Crippen molar-refractivity contribution in [2.45, 2.75) is 30.0 Å². The van der Waals surface area contributed by atoms with Crippen LogP contribution in [0.5, 0.6) is 0 Å². The lowest BCUT2D eigenvalue weighted by Gasteiger charge is -2.21. The number of carbonyl (C=O) groups is 1. The minimum absolute atomic E-state index is 0.0214. The number of sulfonamides is 1. The molecule has 0 saturated carbocycles. The molecule has 0 bridgehead atoms. The molecule has 3 N–H and O–H groups in total. The van der Waals surface area contributed by atoms with Gasteiger partial charge in [-0.2, -0.15) is 4.72 Å². The van der Waals surface area contributed by atoms with Gasteiger partial charge in [0.05, 0.1) is 4.88 Å². The number of benzene rings is 2. The fraction of sp³-hybridized carbons (Fsp3) is 0.160. The maximum absolute atomic E-state index is 13.0. The van der Waals surface area contributed by atoms with Crippen molar-refractivity contribution in [1.82, 2.24) is 9.71 Å². The Morgan fingerprint density at radius 3 is 2.52 bits per heavy atom. The molecule has 6 nitrogen and oxygen atoms in total. The van der Waals surface area contributed by atoms with Gasteiger partial charge in [0.2, 0.25) is 0 Å². The number of aromatic nitrogens is 1. The van der Waals surface area contributed by atoms with E-state index in [0.29, 0.717) is 4.88 Å². The van der Waals surface area contributed by atoms with E-state index in [2.05, 4.69) is 21.5 Å². The number of aryl methyl sites for hydroxylation is 1. The first-order valence-corrected chi connectivity index (χ1v) is 12.5. The van der Waals surface area contributed by atoms with Gasteiger partial charge in [0, 0.05) is 28.6 Å². The average molecular weight is 479 g/mol. The minimum atomic E-state index is -4.05. The van der Waals surface area contributed by atoms with Crippen molar-refractivity contribution in [3.05, 3.63) is 88.4 Å². The second-order valence-corrected chi connectivity index (χ2v) is 10.8. The van der Waals surface area contributed by atoms with Crippen molar-refractivity contribution < 1.29 is 18.3 Å². The van der Waals surface area contributed by atoms with Crippen LogP contribution in [-0.4, -0.2) is 30.5 Å². The third-order valence-electron chi connectivity index (χ3n) is 5.39. The monoisotopic (exact) mass is 478 g/mol. The highest BCUT2D eigenvalue weighted by Crippen LogP contribution is 2.29. The van der Waals surface area contributed by atoms with E-state index in [1.54, 1.807) is 19.2 Å². The minimum Gasteiger partial charge on any atom is -0.480 e. The quantitative estimate of drug-likeness (QED) is 0.356. The molecule has 4 rings (SSSR count). The molecule has 0 aliphatic heterocycles. The number of nitrogens with one attached hydrogen (secondary N) is 2. The summed E-state index contributed by atoms with van der Waals surface area (Å²) < 4.78 is 28.4. The Morgan fingerprint density at radius 1 is 1.06 bits per heavy atom. The Balaban J connectivity index is 1.56. The van der Waals surface area contributed by atoms with Gasteiger partial charge in [-0.05, 0) is 42.8 Å². The van der Waals surface area contributed by atoms with Crippen LogP contribution in [0.25, 0.3) is 10.9 Å². The van der Waals surface area contributed by atoms with Crippen molar-refractivity contribution in [1.29, 1.82) is 0 Å². The summed E-state index contributed by atoms with van der Waals surface area (Å²) in [4.78, 5) is 15.7. The summed E-state index contributed by atoms with van der Waals surface area (Å²) in [6.07, 6.45) is 1.73. The van der Waals surface area contributed by atoms with Gasteiger partial charge < -0.3 is 10.1 Å². The number of rotatable bonds is 6. The first kappa shape index (κ1) is 22.8. The molecule has 2 atom stereocenters. The smallest absolute Gasteiger partial charge is 0.322 e. The zero-order chi connectivity index (χ0) is 23.6. The van der Waals surface area contributed by atoms with Gasteiger partial charge >= 0.3 is 5.97 Å². The molecule has 8 heteroatoms. The predicted octanol–water partition coefficient (Wildman–Crippen LogP) is 4.47. The number of hydrogen-bond donors (Lipinski definition) is 3. The van der Waals surface area contributed by atoms with Crippen LogP contribution < -0.4 is 4.72 Å². The van der Waals surface area contributed by atoms with Crippen LogP contribution in [0.15, 0.2) is 71.1 Å². The summed E-state index contributed by atoms with van der Waals surface area (Å²) in [5.41, 5.74) is 3.55. The van der Waals surface area contributed by atoms with E-state index >= 15 is 0 Å². The fourth-order valence-electron chi connectivity index (χ4n) is 3.54. The predicted molar refractivity (Wildman–Crippen MR) is 130 cm³/mol. The number of aliphatic carboxylic acids is 1. The van der Waals surface area contributed by atoms with Gasteiger partial charge in [0.25, 0.3) is 10.0 Å². The van der Waals surface area contributed by atoms with Crippen LogP contribution in [0.2, 0.25) is 0 Å². The summed E-state index contributed by atoms with van der Waals surface area (Å²) >= 11 is 1.00. The molecule has 4 aromatic rings. The molecule has 2 aromatic heterocycles. The highest BCUT2D eigenvalue weighted by Gasteiger charge is 2.33. The van der Waals surface area contributed by atoms with Crippen molar-refractivity contribution in [3.8, 4) is 11.8 Å². The maximum atomic E-state index is 13.0. The molecule has 33 heavy (non-hydrogen) atoms. The molecule has 0 aliphatic rings. The Hall–Kier alpha value is -3.38. The molecule has 2 heterocycles. The van der Waals surface area contributed by atoms with E-state index in [1.165, 1.54) is 6.07 Å². The Morgan fingerprint density at radius 2 is 1.79 bits per heavy atom. The van der Waals surface area contributed by atoms with Crippen molar-refractivity contribution >= 4 is 38.2 Å². The van der Waals surface area contributed by atoms with Crippen molar-refractivity contribution in [2.75, 3.05) is 0 Å². The first-order chi connectivity index (χ1) is 15.7. The third-order valence-corrected chi connectivity index (χ3v) is 8.32. The zero-order valence-corrected chi connectivity index (χ0v) is 19.6. The number of carboxylic acid groups (broad SMARTS) is 1. The number of hydrogen-bond acceptors (Lipinski definition) is 4. The summed E-state index contributed by atoms with van der Waals surface area (Å²) in [5, 5.41) is 10.7. The Labute approximate surface area is 196 Å². The van der Waals surface area contributed by atoms with Crippen LogP contribution in [0, 0.1) is 18.8 Å². The van der Waals surface area contributed by atoms with Crippen LogP contribution >= 0.6 is 11.3 Å². The molecule has 2 aromatic carbocycles. The van der Waals surface area contributed by atoms with Gasteiger partial charge in [-0.25, -0.2) is 8.42 Å². The Kier molecular flexibility index (Phi) is 6.38. The number of aromatic amines is 1. The molecule has 0 fully saturated rings. The van der Waals surface area contributed by atoms with Gasteiger partial charge in [0.1, 0.15) is 10.3 Å². The normalized spacial score (nSPS) is 13.3. The van der Waals surface area contributed by atoms with E-state index in [-0.39, 0.29) is 4.21 Å². The third kappa shape index (κ3) is 5.01. The molecule has 0 amide bonds. The van der Waals surface area contributed by atoms with Gasteiger partial charge in [-0.15, -0.1) is 11.3 Å². The largest absolute Gasteiger partial charge is 0.480 e. The van der Waals surface area contributed by atoms with Crippen molar-refractivity contribution in [2.24, 2.45) is 0 Å². The first-order valence-electron chi connectivity index (χ1n) is 10.2. The topological polar surface area (TPSA) is 99.3 Å². The van der Waals surface area contributed by atoms with E-state index in [1.807, 2.05) is 55.5 Å². The number of para-hydroxylation sites is 1. The highest BCUT2D eigenvalue weighted by atomic mass is 32.2. The SMILES string of the molecule is Cc1ccc(C#Cc2ccc(S(=O)(=O)NC(C(=O)O)C(C)c3c[nH]c4ccccc34)s2)cc1. The van der Waals surface area contributed by atoms with Gasteiger partial charge in [-0.1, -0.05) is 54.7 Å². The lowest BCUT2D eigenvalue weighted by atomic mass is 9.93. The lowest BCUT2D eigenvalue weighted by molar-refractivity contribution is -0.139. The van der Waals surface area contributed by atoms with Crippen LogP contribution in [0.4, 0.5) is 0 Å². The summed E-state index contributed by atoms with van der Waals surface area (Å²) in [6, 6.07) is 17.0. The van der Waals surface area contributed by atoms with Crippen LogP contribution in [0.1, 0.15) is 34.4 Å². The number of fused-ring (bicyclic) bond motifs is 1. The standard InChI is InChI=1S/C25H22N2O4S2/c1-16-7-9-18(10-8-16)11-12-19-13-14-23(32-19)33(30,31)27-24(25(28)29)17(2)21-15-26-22-6-4-3-5-20(21)22/h3-10,13-15,17,24,26-27H,1-2H3,(H,28,29). The number of thiophene rings is 1.